The summed E-state index contributed by atoms with van der Waals surface area (Å²) in [4.78, 5) is 19.1. The van der Waals surface area contributed by atoms with Crippen LogP contribution >= 0.6 is 0 Å². The molecule has 27 heavy (non-hydrogen) atoms. The molecule has 0 aliphatic carbocycles. The number of nitrogens with zero attached hydrogens (tertiary/aromatic N) is 3. The summed E-state index contributed by atoms with van der Waals surface area (Å²) in [6.45, 7) is 4.16. The number of benzene rings is 2. The Hall–Kier alpha value is -3.55. The fourth-order valence-corrected chi connectivity index (χ4v) is 2.57. The van der Waals surface area contributed by atoms with Crippen LogP contribution in [0, 0.1) is 29.8 Å². The zero-order chi connectivity index (χ0) is 19.4. The summed E-state index contributed by atoms with van der Waals surface area (Å²) in [7, 11) is 0. The van der Waals surface area contributed by atoms with Gasteiger partial charge in [-0.15, -0.1) is 0 Å². The number of aromatic nitrogens is 2. The molecule has 3 rings (SSSR count). The second kappa shape index (κ2) is 7.77. The van der Waals surface area contributed by atoms with Crippen LogP contribution in [-0.2, 0) is 6.54 Å². The van der Waals surface area contributed by atoms with Gasteiger partial charge in [-0.25, -0.2) is 14.4 Å². The van der Waals surface area contributed by atoms with Crippen LogP contribution in [0.2, 0.25) is 0 Å². The fourth-order valence-electron chi connectivity index (χ4n) is 2.57. The van der Waals surface area contributed by atoms with Crippen molar-refractivity contribution in [3.8, 4) is 0 Å². The highest BCUT2D eigenvalue weighted by Crippen LogP contribution is 2.32. The van der Waals surface area contributed by atoms with Crippen molar-refractivity contribution in [1.29, 1.82) is 0 Å². The molecule has 3 aromatic rings. The van der Waals surface area contributed by atoms with E-state index in [2.05, 4.69) is 20.6 Å². The van der Waals surface area contributed by atoms with E-state index in [0.29, 0.717) is 0 Å². The van der Waals surface area contributed by atoms with Crippen molar-refractivity contribution in [3.05, 3.63) is 81.4 Å². The molecule has 0 fully saturated rings. The van der Waals surface area contributed by atoms with Crippen LogP contribution in [0.5, 0.6) is 0 Å². The zero-order valence-corrected chi connectivity index (χ0v) is 14.9. The van der Waals surface area contributed by atoms with E-state index >= 15 is 0 Å². The first-order valence-electron chi connectivity index (χ1n) is 8.26. The molecule has 0 bridgehead atoms. The molecular formula is C19H18FN5O2. The third kappa shape index (κ3) is 4.17. The lowest BCUT2D eigenvalue weighted by atomic mass is 10.1. The van der Waals surface area contributed by atoms with E-state index in [1.54, 1.807) is 12.1 Å². The lowest BCUT2D eigenvalue weighted by molar-refractivity contribution is -0.383. The van der Waals surface area contributed by atoms with Crippen molar-refractivity contribution in [3.63, 3.8) is 0 Å². The average Bonchev–Trinajstić information content (AvgIpc) is 2.65. The summed E-state index contributed by atoms with van der Waals surface area (Å²) in [6.07, 6.45) is 1.26. The minimum Gasteiger partial charge on any atom is -0.360 e. The van der Waals surface area contributed by atoms with Crippen LogP contribution < -0.4 is 10.6 Å². The van der Waals surface area contributed by atoms with Crippen molar-refractivity contribution in [2.24, 2.45) is 0 Å². The number of nitro groups is 1. The lowest BCUT2D eigenvalue weighted by Gasteiger charge is -2.12. The Balaban J connectivity index is 1.89. The van der Waals surface area contributed by atoms with Gasteiger partial charge in [0.25, 0.3) is 0 Å². The second-order valence-corrected chi connectivity index (χ2v) is 6.03. The largest absolute Gasteiger partial charge is 0.360 e. The molecular weight excluding hydrogens is 349 g/mol. The Morgan fingerprint density at radius 1 is 1.07 bits per heavy atom. The number of nitrogens with one attached hydrogen (secondary N) is 2. The van der Waals surface area contributed by atoms with Gasteiger partial charge in [-0.2, -0.15) is 0 Å². The average molecular weight is 367 g/mol. The number of anilines is 3. The predicted octanol–water partition coefficient (Wildman–Crippen LogP) is 4.50. The molecule has 0 amide bonds. The number of hydrogen-bond donors (Lipinski definition) is 2. The van der Waals surface area contributed by atoms with E-state index in [1.807, 2.05) is 32.0 Å². The topological polar surface area (TPSA) is 93.0 Å². The van der Waals surface area contributed by atoms with Crippen molar-refractivity contribution >= 4 is 23.0 Å². The van der Waals surface area contributed by atoms with Crippen molar-refractivity contribution in [1.82, 2.24) is 9.97 Å². The minimum absolute atomic E-state index is 0.0899. The van der Waals surface area contributed by atoms with Crippen LogP contribution in [0.15, 0.2) is 48.8 Å². The first-order chi connectivity index (χ1) is 13.0. The molecule has 1 heterocycles. The third-order valence-electron chi connectivity index (χ3n) is 4.24. The van der Waals surface area contributed by atoms with Gasteiger partial charge in [0.1, 0.15) is 12.1 Å². The SMILES string of the molecule is Cc1cccc(Nc2ncnc(NCc3ccc(F)cc3)c2[N+](=O)[O-])c1C. The van der Waals surface area contributed by atoms with Crippen molar-refractivity contribution < 1.29 is 9.31 Å². The Kier molecular flexibility index (Phi) is 5.25. The van der Waals surface area contributed by atoms with Gasteiger partial charge in [0.05, 0.1) is 4.92 Å². The summed E-state index contributed by atoms with van der Waals surface area (Å²) < 4.78 is 13.0. The molecule has 0 radical (unpaired) electrons. The van der Waals surface area contributed by atoms with Crippen molar-refractivity contribution in [2.75, 3.05) is 10.6 Å². The first kappa shape index (κ1) is 18.2. The van der Waals surface area contributed by atoms with Crippen molar-refractivity contribution in [2.45, 2.75) is 20.4 Å². The van der Waals surface area contributed by atoms with Gasteiger partial charge in [-0.05, 0) is 48.7 Å². The Morgan fingerprint density at radius 2 is 1.78 bits per heavy atom. The van der Waals surface area contributed by atoms with E-state index in [-0.39, 0.29) is 29.7 Å². The van der Waals surface area contributed by atoms with E-state index in [4.69, 9.17) is 0 Å². The number of rotatable bonds is 6. The highest BCUT2D eigenvalue weighted by molar-refractivity contribution is 5.75. The van der Waals surface area contributed by atoms with Crippen LogP contribution in [0.3, 0.4) is 0 Å². The number of halogens is 1. The second-order valence-electron chi connectivity index (χ2n) is 6.03. The van der Waals surface area contributed by atoms with Crippen LogP contribution in [-0.4, -0.2) is 14.9 Å². The molecule has 2 N–H and O–H groups in total. The maximum atomic E-state index is 13.0. The zero-order valence-electron chi connectivity index (χ0n) is 14.9. The predicted molar refractivity (Wildman–Crippen MR) is 102 cm³/mol. The van der Waals surface area contributed by atoms with Crippen LogP contribution in [0.4, 0.5) is 27.4 Å². The van der Waals surface area contributed by atoms with Crippen LogP contribution in [0.25, 0.3) is 0 Å². The maximum absolute atomic E-state index is 13.0. The molecule has 0 aliphatic rings. The van der Waals surface area contributed by atoms with E-state index in [9.17, 15) is 14.5 Å². The Labute approximate surface area is 155 Å². The standard InChI is InChI=1S/C19H18FN5O2/c1-12-4-3-5-16(13(12)2)24-19-17(25(26)27)18(22-11-23-19)21-10-14-6-8-15(20)9-7-14/h3-9,11H,10H2,1-2H3,(H2,21,22,23,24). The molecule has 0 unspecified atom stereocenters. The van der Waals surface area contributed by atoms with Gasteiger partial charge >= 0.3 is 5.69 Å². The summed E-state index contributed by atoms with van der Waals surface area (Å²) in [6, 6.07) is 11.5. The third-order valence-corrected chi connectivity index (χ3v) is 4.24. The highest BCUT2D eigenvalue weighted by Gasteiger charge is 2.23. The highest BCUT2D eigenvalue weighted by atomic mass is 19.1. The van der Waals surface area contributed by atoms with Gasteiger partial charge < -0.3 is 10.6 Å². The normalized spacial score (nSPS) is 10.5. The Bertz CT molecular complexity index is 976. The molecule has 1 aromatic heterocycles. The van der Waals surface area contributed by atoms with Gasteiger partial charge in [0.15, 0.2) is 0 Å². The maximum Gasteiger partial charge on any atom is 0.353 e. The summed E-state index contributed by atoms with van der Waals surface area (Å²) >= 11 is 0. The monoisotopic (exact) mass is 367 g/mol. The minimum atomic E-state index is -0.527. The smallest absolute Gasteiger partial charge is 0.353 e. The molecule has 0 spiro atoms. The quantitative estimate of drug-likeness (QED) is 0.492. The number of aryl methyl sites for hydroxylation is 1. The Morgan fingerprint density at radius 3 is 2.48 bits per heavy atom. The molecule has 138 valence electrons. The molecule has 0 saturated heterocycles. The van der Waals surface area contributed by atoms with Gasteiger partial charge in [0.2, 0.25) is 11.6 Å². The van der Waals surface area contributed by atoms with Gasteiger partial charge in [-0.1, -0.05) is 24.3 Å². The van der Waals surface area contributed by atoms with E-state index in [0.717, 1.165) is 22.4 Å². The van der Waals surface area contributed by atoms with Gasteiger partial charge in [0, 0.05) is 12.2 Å². The molecule has 2 aromatic carbocycles. The number of hydrogen-bond acceptors (Lipinski definition) is 6. The van der Waals surface area contributed by atoms with E-state index < -0.39 is 4.92 Å². The summed E-state index contributed by atoms with van der Waals surface area (Å²) in [5.41, 5.74) is 3.30. The molecule has 0 atom stereocenters. The molecule has 0 aliphatic heterocycles. The first-order valence-corrected chi connectivity index (χ1v) is 8.26. The van der Waals surface area contributed by atoms with Gasteiger partial charge in [-0.3, -0.25) is 10.1 Å². The lowest BCUT2D eigenvalue weighted by Crippen LogP contribution is -2.08. The van der Waals surface area contributed by atoms with Crippen LogP contribution in [0.1, 0.15) is 16.7 Å². The molecule has 8 heteroatoms. The fraction of sp³-hybridized carbons (Fsp3) is 0.158. The summed E-state index contributed by atoms with van der Waals surface area (Å²) in [5.74, 6) is -0.149. The molecule has 7 nitrogen and oxygen atoms in total. The van der Waals surface area contributed by atoms with E-state index in [1.165, 1.54) is 18.5 Å². The molecule has 0 saturated carbocycles. The summed E-state index contributed by atoms with van der Waals surface area (Å²) in [5, 5.41) is 17.6.